The van der Waals surface area contributed by atoms with Crippen LogP contribution in [0.15, 0.2) is 370 Å². The van der Waals surface area contributed by atoms with E-state index in [0.717, 1.165) is 112 Å². The van der Waals surface area contributed by atoms with Crippen molar-refractivity contribution >= 4 is 144 Å². The Kier molecular flexibility index (Phi) is 17.0. The Morgan fingerprint density at radius 3 is 0.744 bits per heavy atom. The molecule has 0 spiro atoms. The van der Waals surface area contributed by atoms with E-state index in [-0.39, 0.29) is 28.4 Å². The number of anilines is 6. The number of aromatic nitrogens is 4. The summed E-state index contributed by atoms with van der Waals surface area (Å²) < 4.78 is 10.2. The molecule has 21 aromatic rings. The lowest BCUT2D eigenvalue weighted by Gasteiger charge is -2.45. The predicted octanol–water partition coefficient (Wildman–Crippen LogP) is 30.0. The van der Waals surface area contributed by atoms with E-state index in [9.17, 15) is 0 Å². The zero-order chi connectivity index (χ0) is 84.8. The summed E-state index contributed by atoms with van der Waals surface area (Å²) in [6.45, 7) is 27.7. The third kappa shape index (κ3) is 12.3. The van der Waals surface area contributed by atoms with Gasteiger partial charge in [0.2, 0.25) is 0 Å². The van der Waals surface area contributed by atoms with E-state index in [1.54, 1.807) is 0 Å². The van der Waals surface area contributed by atoms with Gasteiger partial charge in [-0.3, -0.25) is 0 Å². The highest BCUT2D eigenvalue weighted by molar-refractivity contribution is 7.00. The molecule has 0 unspecified atom stereocenters. The number of hydrogen-bond donors (Lipinski definition) is 0. The van der Waals surface area contributed by atoms with Gasteiger partial charge in [-0.15, -0.1) is 0 Å². The van der Waals surface area contributed by atoms with E-state index in [2.05, 4.69) is 481 Å². The normalized spacial score (nSPS) is 13.1. The largest absolute Gasteiger partial charge is 0.311 e. The maximum atomic E-state index is 2.68. The molecule has 23 rings (SSSR count). The van der Waals surface area contributed by atoms with E-state index < -0.39 is 0 Å². The number of para-hydroxylation sites is 3. The first-order valence-corrected chi connectivity index (χ1v) is 44.3. The average molecular weight is 1610 g/mol. The summed E-state index contributed by atoms with van der Waals surface area (Å²) >= 11 is 0. The number of rotatable bonds is 10. The molecule has 0 fully saturated rings. The highest BCUT2D eigenvalue weighted by Crippen LogP contribution is 2.52. The van der Waals surface area contributed by atoms with Gasteiger partial charge in [0.25, 0.3) is 6.71 Å². The zero-order valence-electron chi connectivity index (χ0n) is 73.0. The molecule has 6 nitrogen and oxygen atoms in total. The second-order valence-corrected chi connectivity index (χ2v) is 39.0. The maximum Gasteiger partial charge on any atom is 0.252 e. The Bertz CT molecular complexity index is 7340. The molecule has 17 aromatic carbocycles. The molecule has 0 aliphatic carbocycles. The van der Waals surface area contributed by atoms with Crippen molar-refractivity contribution < 1.29 is 0 Å². The summed E-state index contributed by atoms with van der Waals surface area (Å²) in [4.78, 5) is 5.36. The fourth-order valence-corrected chi connectivity index (χ4v) is 20.6. The summed E-state index contributed by atoms with van der Waals surface area (Å²) in [5.41, 5.74) is 37.6. The van der Waals surface area contributed by atoms with E-state index >= 15 is 0 Å². The van der Waals surface area contributed by atoms with Gasteiger partial charge >= 0.3 is 0 Å². The molecule has 0 N–H and O–H groups in total. The van der Waals surface area contributed by atoms with Gasteiger partial charge in [-0.2, -0.15) is 0 Å². The first-order valence-electron chi connectivity index (χ1n) is 44.3. The van der Waals surface area contributed by atoms with Gasteiger partial charge < -0.3 is 28.1 Å². The van der Waals surface area contributed by atoms with Crippen LogP contribution in [0.4, 0.5) is 34.1 Å². The Hall–Kier alpha value is -14.4. The van der Waals surface area contributed by atoms with Crippen LogP contribution in [0.1, 0.15) is 105 Å². The van der Waals surface area contributed by atoms with Crippen LogP contribution >= 0.6 is 0 Å². The molecule has 0 saturated carbocycles. The fraction of sp³-hybridized carbons (Fsp3) is 0.136. The van der Waals surface area contributed by atoms with Crippen molar-refractivity contribution in [3.63, 3.8) is 0 Å². The highest BCUT2D eigenvalue weighted by atomic mass is 15.2. The van der Waals surface area contributed by atoms with Crippen molar-refractivity contribution in [2.75, 3.05) is 9.80 Å². The Labute approximate surface area is 731 Å². The molecule has 0 radical (unpaired) electrons. The molecule has 4 aromatic heterocycles. The zero-order valence-corrected chi connectivity index (χ0v) is 73.0. The van der Waals surface area contributed by atoms with Gasteiger partial charge in [0.15, 0.2) is 0 Å². The van der Waals surface area contributed by atoms with E-state index in [0.29, 0.717) is 0 Å². The van der Waals surface area contributed by atoms with Crippen molar-refractivity contribution in [1.29, 1.82) is 0 Å². The summed E-state index contributed by atoms with van der Waals surface area (Å²) in [7, 11) is 0. The molecule has 125 heavy (non-hydrogen) atoms. The van der Waals surface area contributed by atoms with E-state index in [4.69, 9.17) is 0 Å². The standard InChI is InChI=1S/C118H97BN6/c1-115(2,3)82-45-54-105-95(65-82)96-66-83(116(4,5)6)46-55-106(96)121(105)87-49-52-100-110(70-87)124(89-61-78(74-31-17-13-18-32-74)59-79(62-89)75-33-19-14-20-34-75)112-72-91(123-104-44-30-27-41-94(104)99-69-86(51-58-109(99)123)120-102-42-28-25-39-92(102)93-40-26-29-43-103(93)120)73-113-114(112)119(100)101-53-50-88(122-107-56-47-84(117(7,8)9)67-97(107)98-68-85(118(10,11)12)48-57-108(98)122)71-111(101)125(113)90-63-80(76-35-21-15-22-36-76)60-81(64-90)77-37-23-16-24-38-77/h13-73H,1-12H3. The van der Waals surface area contributed by atoms with Crippen LogP contribution in [-0.2, 0) is 21.7 Å². The molecule has 2 aliphatic rings. The third-order valence-electron chi connectivity index (χ3n) is 27.1. The minimum Gasteiger partial charge on any atom is -0.311 e. The van der Waals surface area contributed by atoms with Crippen molar-refractivity contribution in [3.05, 3.63) is 392 Å². The minimum atomic E-state index is -0.304. The molecule has 0 atom stereocenters. The lowest BCUT2D eigenvalue weighted by atomic mass is 9.33. The third-order valence-corrected chi connectivity index (χ3v) is 27.1. The topological polar surface area (TPSA) is 26.2 Å². The van der Waals surface area contributed by atoms with Crippen LogP contribution in [0, 0.1) is 0 Å². The number of hydrogen-bond acceptors (Lipinski definition) is 2. The predicted molar refractivity (Wildman–Crippen MR) is 534 cm³/mol. The SMILES string of the molecule is CC(C)(C)c1ccc2c(c1)c1cc(C(C)(C)C)ccc1n2-c1ccc2c(c1)N(c1cc(-c3ccccc3)cc(-c3ccccc3)c1)c1cc(-n3c4ccccc4c4cc(-n5c6ccccc6c6ccccc65)ccc43)cc3c1B2c1ccc(-n2c4ccc(C(C)(C)C)cc4c4cc(C(C)(C)C)ccc42)cc1N3c1cc(-c2ccccc2)cc(-c2ccccc2)c1. The molecular formula is C118H97BN6. The van der Waals surface area contributed by atoms with Gasteiger partial charge in [-0.05, 0) is 263 Å². The highest BCUT2D eigenvalue weighted by Gasteiger charge is 2.45. The van der Waals surface area contributed by atoms with Crippen LogP contribution in [0.25, 0.3) is 154 Å². The second kappa shape index (κ2) is 28.1. The van der Waals surface area contributed by atoms with Gasteiger partial charge in [0.1, 0.15) is 0 Å². The van der Waals surface area contributed by atoms with Crippen molar-refractivity contribution in [3.8, 4) is 67.3 Å². The molecule has 602 valence electrons. The van der Waals surface area contributed by atoms with E-state index in [1.807, 2.05) is 0 Å². The van der Waals surface area contributed by atoms with Crippen LogP contribution < -0.4 is 26.2 Å². The molecular weight excluding hydrogens is 1510 g/mol. The lowest BCUT2D eigenvalue weighted by Crippen LogP contribution is -2.61. The first-order chi connectivity index (χ1) is 60.5. The van der Waals surface area contributed by atoms with Crippen molar-refractivity contribution in [2.45, 2.75) is 105 Å². The van der Waals surface area contributed by atoms with Gasteiger partial charge in [0, 0.05) is 94.3 Å². The number of fused-ring (bicyclic) bond motifs is 16. The summed E-state index contributed by atoms with van der Waals surface area (Å²) in [6, 6.07) is 142. The Balaban J connectivity index is 0.876. The fourth-order valence-electron chi connectivity index (χ4n) is 20.6. The summed E-state index contributed by atoms with van der Waals surface area (Å²) in [5, 5.41) is 9.81. The van der Waals surface area contributed by atoms with Crippen LogP contribution in [-0.4, -0.2) is 25.0 Å². The second-order valence-electron chi connectivity index (χ2n) is 39.0. The Morgan fingerprint density at radius 1 is 0.176 bits per heavy atom. The maximum absolute atomic E-state index is 2.68. The molecule has 6 heterocycles. The van der Waals surface area contributed by atoms with Crippen molar-refractivity contribution in [2.24, 2.45) is 0 Å². The van der Waals surface area contributed by atoms with Crippen molar-refractivity contribution in [1.82, 2.24) is 18.3 Å². The average Bonchev–Trinajstić information content (AvgIpc) is 1.01. The summed E-state index contributed by atoms with van der Waals surface area (Å²) in [6.07, 6.45) is 0. The van der Waals surface area contributed by atoms with E-state index in [1.165, 1.54) is 115 Å². The quantitative estimate of drug-likeness (QED) is 0.128. The molecule has 0 amide bonds. The minimum absolute atomic E-state index is 0.0819. The number of benzene rings is 17. The number of nitrogens with zero attached hydrogens (tertiary/aromatic N) is 6. The first kappa shape index (κ1) is 75.6. The van der Waals surface area contributed by atoms with Gasteiger partial charge in [-0.1, -0.05) is 295 Å². The lowest BCUT2D eigenvalue weighted by molar-refractivity contribution is 0.590. The molecule has 2 aliphatic heterocycles. The van der Waals surface area contributed by atoms with Gasteiger partial charge in [-0.25, -0.2) is 0 Å². The molecule has 0 saturated heterocycles. The van der Waals surface area contributed by atoms with Crippen LogP contribution in [0.5, 0.6) is 0 Å². The smallest absolute Gasteiger partial charge is 0.252 e. The molecule has 0 bridgehead atoms. The van der Waals surface area contributed by atoms with Crippen LogP contribution in [0.3, 0.4) is 0 Å². The summed E-state index contributed by atoms with van der Waals surface area (Å²) in [5.74, 6) is 0. The van der Waals surface area contributed by atoms with Gasteiger partial charge in [0.05, 0.1) is 49.8 Å². The van der Waals surface area contributed by atoms with Crippen LogP contribution in [0.2, 0.25) is 0 Å². The molecule has 7 heteroatoms. The monoisotopic (exact) mass is 1610 g/mol. The Morgan fingerprint density at radius 2 is 0.424 bits per heavy atom.